The van der Waals surface area contributed by atoms with Crippen LogP contribution in [-0.4, -0.2) is 23.1 Å². The number of nitrogens with two attached hydrogens (primary N) is 1. The van der Waals surface area contributed by atoms with Gasteiger partial charge in [-0.15, -0.1) is 0 Å². The van der Waals surface area contributed by atoms with E-state index in [2.05, 4.69) is 10.3 Å². The number of aromatic nitrogens is 1. The fourth-order valence-corrected chi connectivity index (χ4v) is 6.24. The van der Waals surface area contributed by atoms with E-state index in [1.165, 1.54) is 18.2 Å². The third-order valence-electron chi connectivity index (χ3n) is 7.84. The molecule has 162 valence electrons. The third kappa shape index (κ3) is 3.19. The van der Waals surface area contributed by atoms with E-state index in [1.807, 2.05) is 0 Å². The van der Waals surface area contributed by atoms with Crippen molar-refractivity contribution in [3.05, 3.63) is 59.4 Å². The summed E-state index contributed by atoms with van der Waals surface area (Å²) in [5.41, 5.74) is 9.19. The zero-order valence-corrected chi connectivity index (χ0v) is 17.2. The van der Waals surface area contributed by atoms with Crippen LogP contribution in [0.5, 0.6) is 0 Å². The first-order valence-electron chi connectivity index (χ1n) is 11.2. The number of aromatic amines is 1. The molecule has 0 unspecified atom stereocenters. The van der Waals surface area contributed by atoms with Crippen LogP contribution in [0.4, 0.5) is 13.2 Å². The van der Waals surface area contributed by atoms with Crippen molar-refractivity contribution in [2.24, 2.45) is 17.6 Å². The smallest absolute Gasteiger partial charge is 0.150 e. The normalized spacial score (nSPS) is 31.6. The van der Waals surface area contributed by atoms with Crippen molar-refractivity contribution in [3.8, 4) is 11.3 Å². The van der Waals surface area contributed by atoms with E-state index in [4.69, 9.17) is 5.73 Å². The van der Waals surface area contributed by atoms with Crippen LogP contribution >= 0.6 is 0 Å². The van der Waals surface area contributed by atoms with Gasteiger partial charge in [-0.3, -0.25) is 0 Å². The summed E-state index contributed by atoms with van der Waals surface area (Å²) in [6.07, 6.45) is 5.30. The molecule has 4 fully saturated rings. The predicted octanol–water partition coefficient (Wildman–Crippen LogP) is 5.22. The topological polar surface area (TPSA) is 53.8 Å². The summed E-state index contributed by atoms with van der Waals surface area (Å²) in [5.74, 6) is -0.00802. The molecule has 4 aliphatic carbocycles. The number of fused-ring (bicyclic) bond motifs is 2. The molecule has 7 rings (SSSR count). The number of H-pyrrole nitrogens is 1. The summed E-state index contributed by atoms with van der Waals surface area (Å²) >= 11 is 0. The molecular weight excluding hydrogens is 399 g/mol. The Labute approximate surface area is 179 Å². The fourth-order valence-electron chi connectivity index (χ4n) is 6.24. The van der Waals surface area contributed by atoms with Gasteiger partial charge in [0.2, 0.25) is 0 Å². The first-order valence-corrected chi connectivity index (χ1v) is 11.2. The Morgan fingerprint density at radius 3 is 2.42 bits per heavy atom. The van der Waals surface area contributed by atoms with Crippen molar-refractivity contribution in [3.63, 3.8) is 0 Å². The number of hydrogen-bond acceptors (Lipinski definition) is 2. The van der Waals surface area contributed by atoms with Crippen molar-refractivity contribution < 1.29 is 13.2 Å². The molecule has 0 aliphatic heterocycles. The van der Waals surface area contributed by atoms with Crippen molar-refractivity contribution in [2.45, 2.75) is 49.6 Å². The van der Waals surface area contributed by atoms with Crippen LogP contribution in [0.15, 0.2) is 36.4 Å². The first-order chi connectivity index (χ1) is 14.9. The SMILES string of the molecule is NC12CC(C1)[C@H](NCC1CC(c3c(-c4ccc(F)cc4)[nH]c4c(F)cc(F)cc34)C1)C2. The summed E-state index contributed by atoms with van der Waals surface area (Å²) in [6, 6.07) is 9.01. The lowest BCUT2D eigenvalue weighted by Gasteiger charge is -2.37. The molecule has 4 aliphatic rings. The van der Waals surface area contributed by atoms with Crippen molar-refractivity contribution in [2.75, 3.05) is 6.54 Å². The van der Waals surface area contributed by atoms with Gasteiger partial charge in [0.25, 0.3) is 0 Å². The standard InChI is InChI=1S/C25H26F3N3/c26-17-3-1-14(2-4-17)23-22(19-7-18(27)8-20(28)24(19)31-23)15-5-13(6-15)12-30-21-11-25(29)9-16(21)10-25/h1-4,7-8,13,15-16,21,30-31H,5-6,9-12,29H2/t13?,15?,16?,21-,25?/m1/s1. The summed E-state index contributed by atoms with van der Waals surface area (Å²) in [4.78, 5) is 3.16. The highest BCUT2D eigenvalue weighted by Crippen LogP contribution is 2.51. The molecule has 0 saturated heterocycles. The average Bonchev–Trinajstić information content (AvgIpc) is 3.30. The minimum Gasteiger partial charge on any atom is -0.352 e. The van der Waals surface area contributed by atoms with Crippen LogP contribution in [0.25, 0.3) is 22.2 Å². The number of halogens is 3. The summed E-state index contributed by atoms with van der Waals surface area (Å²) in [6.45, 7) is 0.963. The lowest BCUT2D eigenvalue weighted by Crippen LogP contribution is -2.44. The largest absolute Gasteiger partial charge is 0.352 e. The van der Waals surface area contributed by atoms with E-state index in [9.17, 15) is 13.2 Å². The molecular formula is C25H26F3N3. The second-order valence-electron chi connectivity index (χ2n) is 10.0. The van der Waals surface area contributed by atoms with Crippen LogP contribution in [0, 0.1) is 29.3 Å². The molecule has 1 aromatic heterocycles. The number of rotatable bonds is 5. The van der Waals surface area contributed by atoms with Gasteiger partial charge in [-0.05, 0) is 97.9 Å². The predicted molar refractivity (Wildman–Crippen MR) is 115 cm³/mol. The quantitative estimate of drug-likeness (QED) is 0.525. The number of nitrogens with one attached hydrogen (secondary N) is 2. The average molecular weight is 425 g/mol. The summed E-state index contributed by atoms with van der Waals surface area (Å²) in [7, 11) is 0. The van der Waals surface area contributed by atoms with Gasteiger partial charge >= 0.3 is 0 Å². The third-order valence-corrected chi connectivity index (χ3v) is 7.84. The van der Waals surface area contributed by atoms with E-state index in [1.54, 1.807) is 12.1 Å². The zero-order chi connectivity index (χ0) is 21.3. The Bertz CT molecular complexity index is 1140. The molecule has 4 saturated carbocycles. The van der Waals surface area contributed by atoms with Gasteiger partial charge in [0.1, 0.15) is 17.5 Å². The van der Waals surface area contributed by atoms with E-state index >= 15 is 0 Å². The lowest BCUT2D eigenvalue weighted by molar-refractivity contribution is 0.219. The highest BCUT2D eigenvalue weighted by molar-refractivity contribution is 5.92. The monoisotopic (exact) mass is 425 g/mol. The Morgan fingerprint density at radius 2 is 1.74 bits per heavy atom. The molecule has 3 nitrogen and oxygen atoms in total. The summed E-state index contributed by atoms with van der Waals surface area (Å²) < 4.78 is 42.0. The Kier molecular flexibility index (Phi) is 4.28. The number of hydrogen-bond donors (Lipinski definition) is 3. The molecule has 2 bridgehead atoms. The van der Waals surface area contributed by atoms with Gasteiger partial charge in [-0.2, -0.15) is 0 Å². The number of benzene rings is 2. The maximum absolute atomic E-state index is 14.5. The van der Waals surface area contributed by atoms with E-state index in [0.717, 1.165) is 67.5 Å². The summed E-state index contributed by atoms with van der Waals surface area (Å²) in [5, 5.41) is 4.32. The highest BCUT2D eigenvalue weighted by atomic mass is 19.1. The molecule has 1 atom stereocenters. The maximum Gasteiger partial charge on any atom is 0.150 e. The van der Waals surface area contributed by atoms with Crippen molar-refractivity contribution >= 4 is 10.9 Å². The Balaban J connectivity index is 1.25. The molecule has 1 heterocycles. The lowest BCUT2D eigenvalue weighted by atomic mass is 9.70. The minimum absolute atomic E-state index is 0.0761. The highest BCUT2D eigenvalue weighted by Gasteiger charge is 2.53. The Morgan fingerprint density at radius 1 is 1.00 bits per heavy atom. The molecule has 0 radical (unpaired) electrons. The maximum atomic E-state index is 14.5. The van der Waals surface area contributed by atoms with Crippen molar-refractivity contribution in [1.29, 1.82) is 0 Å². The van der Waals surface area contributed by atoms with Gasteiger partial charge in [-0.25, -0.2) is 13.2 Å². The van der Waals surface area contributed by atoms with E-state index in [0.29, 0.717) is 22.9 Å². The van der Waals surface area contributed by atoms with Gasteiger partial charge in [0.05, 0.1) is 11.2 Å². The van der Waals surface area contributed by atoms with Crippen LogP contribution in [-0.2, 0) is 0 Å². The Hall–Kier alpha value is -2.31. The van der Waals surface area contributed by atoms with Crippen molar-refractivity contribution in [1.82, 2.24) is 10.3 Å². The van der Waals surface area contributed by atoms with Crippen LogP contribution in [0.3, 0.4) is 0 Å². The van der Waals surface area contributed by atoms with Gasteiger partial charge in [0.15, 0.2) is 0 Å². The van der Waals surface area contributed by atoms with Crippen LogP contribution in [0.1, 0.15) is 43.6 Å². The van der Waals surface area contributed by atoms with Gasteiger partial charge < -0.3 is 16.0 Å². The molecule has 2 aromatic carbocycles. The van der Waals surface area contributed by atoms with E-state index in [-0.39, 0.29) is 17.3 Å². The molecule has 31 heavy (non-hydrogen) atoms. The van der Waals surface area contributed by atoms with E-state index < -0.39 is 11.6 Å². The van der Waals surface area contributed by atoms with Gasteiger partial charge in [0, 0.05) is 23.0 Å². The first kappa shape index (κ1) is 19.4. The molecule has 4 N–H and O–H groups in total. The van der Waals surface area contributed by atoms with Gasteiger partial charge in [-0.1, -0.05) is 0 Å². The second-order valence-corrected chi connectivity index (χ2v) is 10.0. The van der Waals surface area contributed by atoms with Crippen LogP contribution < -0.4 is 11.1 Å². The fraction of sp³-hybridized carbons (Fsp3) is 0.440. The zero-order valence-electron chi connectivity index (χ0n) is 17.2. The molecule has 0 spiro atoms. The molecule has 6 heteroatoms. The molecule has 0 amide bonds. The minimum atomic E-state index is -0.599. The molecule has 3 aromatic rings. The second kappa shape index (κ2) is 6.84. The van der Waals surface area contributed by atoms with Crippen LogP contribution in [0.2, 0.25) is 0 Å².